The van der Waals surface area contributed by atoms with Gasteiger partial charge in [0.25, 0.3) is 0 Å². The van der Waals surface area contributed by atoms with Gasteiger partial charge in [-0.05, 0) is 62.9 Å². The summed E-state index contributed by atoms with van der Waals surface area (Å²) in [6, 6.07) is 14.4. The van der Waals surface area contributed by atoms with Crippen molar-refractivity contribution in [2.45, 2.75) is 32.1 Å². The molecule has 1 N–H and O–H groups in total. The molecule has 2 aromatic rings. The number of ether oxygens (including phenoxy) is 2. The molecule has 0 bridgehead atoms. The summed E-state index contributed by atoms with van der Waals surface area (Å²) in [4.78, 5) is 15.1. The summed E-state index contributed by atoms with van der Waals surface area (Å²) >= 11 is 0. The quantitative estimate of drug-likeness (QED) is 0.562. The molecule has 5 nitrogen and oxygen atoms in total. The maximum Gasteiger partial charge on any atom is 0.227 e. The van der Waals surface area contributed by atoms with Crippen LogP contribution in [-0.2, 0) is 17.6 Å². The van der Waals surface area contributed by atoms with Crippen molar-refractivity contribution in [2.24, 2.45) is 5.92 Å². The molecule has 2 aromatic carbocycles. The lowest BCUT2D eigenvalue weighted by molar-refractivity contribution is -0.120. The van der Waals surface area contributed by atoms with Crippen LogP contribution in [0.3, 0.4) is 0 Å². The SMILES string of the molecule is COc1cc2c(cc1OC)NC(=O)C(CCCN(C)CCc1ccccc1)CC2.Cl.Cl. The molecule has 0 spiro atoms. The Bertz CT molecular complexity index is 818. The fourth-order valence-electron chi connectivity index (χ4n) is 3.90. The Morgan fingerprint density at radius 1 is 1.03 bits per heavy atom. The minimum absolute atomic E-state index is 0. The van der Waals surface area contributed by atoms with Crippen molar-refractivity contribution in [1.82, 2.24) is 4.90 Å². The van der Waals surface area contributed by atoms with Gasteiger partial charge < -0.3 is 19.7 Å². The average Bonchev–Trinajstić information content (AvgIpc) is 2.90. The molecule has 1 amide bonds. The number of anilines is 1. The molecule has 1 unspecified atom stereocenters. The predicted molar refractivity (Wildman–Crippen MR) is 131 cm³/mol. The second-order valence-corrected chi connectivity index (χ2v) is 7.77. The Hall–Kier alpha value is -1.95. The second kappa shape index (κ2) is 13.5. The number of benzene rings is 2. The van der Waals surface area contributed by atoms with Crippen LogP contribution in [0, 0.1) is 5.92 Å². The van der Waals surface area contributed by atoms with Crippen LogP contribution in [0.2, 0.25) is 0 Å². The zero-order valence-electron chi connectivity index (χ0n) is 18.6. The molecule has 31 heavy (non-hydrogen) atoms. The van der Waals surface area contributed by atoms with E-state index in [4.69, 9.17) is 9.47 Å². The zero-order valence-corrected chi connectivity index (χ0v) is 20.2. The number of rotatable bonds is 9. The highest BCUT2D eigenvalue weighted by atomic mass is 35.5. The number of aryl methyl sites for hydroxylation is 1. The van der Waals surface area contributed by atoms with E-state index < -0.39 is 0 Å². The highest BCUT2D eigenvalue weighted by Gasteiger charge is 2.24. The topological polar surface area (TPSA) is 50.8 Å². The molecule has 0 aliphatic carbocycles. The fourth-order valence-corrected chi connectivity index (χ4v) is 3.90. The lowest BCUT2D eigenvalue weighted by Crippen LogP contribution is -2.25. The number of hydrogen-bond acceptors (Lipinski definition) is 4. The Morgan fingerprint density at radius 3 is 2.39 bits per heavy atom. The van der Waals surface area contributed by atoms with E-state index in [2.05, 4.69) is 47.6 Å². The van der Waals surface area contributed by atoms with Crippen molar-refractivity contribution < 1.29 is 14.3 Å². The normalized spacial score (nSPS) is 15.1. The molecule has 3 rings (SSSR count). The standard InChI is InChI=1S/C24H32N2O3.2ClH/c1-26(15-13-18-8-5-4-6-9-18)14-7-10-19-11-12-20-16-22(28-2)23(29-3)17-21(20)25-24(19)27;;/h4-6,8-9,16-17,19H,7,10-15H2,1-3H3,(H,25,27);2*1H. The van der Waals surface area contributed by atoms with E-state index >= 15 is 0 Å². The van der Waals surface area contributed by atoms with E-state index in [0.29, 0.717) is 11.5 Å². The molecule has 7 heteroatoms. The van der Waals surface area contributed by atoms with Crippen LogP contribution in [-0.4, -0.2) is 45.2 Å². The summed E-state index contributed by atoms with van der Waals surface area (Å²) in [5, 5.41) is 3.10. The van der Waals surface area contributed by atoms with Gasteiger partial charge in [-0.15, -0.1) is 24.8 Å². The monoisotopic (exact) mass is 468 g/mol. The number of hydrogen-bond donors (Lipinski definition) is 1. The van der Waals surface area contributed by atoms with Crippen LogP contribution >= 0.6 is 24.8 Å². The van der Waals surface area contributed by atoms with Crippen LogP contribution in [0.25, 0.3) is 0 Å². The molecule has 172 valence electrons. The molecule has 0 saturated heterocycles. The van der Waals surface area contributed by atoms with Crippen molar-refractivity contribution in [3.63, 3.8) is 0 Å². The first-order valence-corrected chi connectivity index (χ1v) is 10.4. The Labute approximate surface area is 198 Å². The van der Waals surface area contributed by atoms with Crippen molar-refractivity contribution in [1.29, 1.82) is 0 Å². The lowest BCUT2D eigenvalue weighted by atomic mass is 9.95. The van der Waals surface area contributed by atoms with Gasteiger partial charge in [0.15, 0.2) is 11.5 Å². The van der Waals surface area contributed by atoms with Crippen molar-refractivity contribution in [3.8, 4) is 11.5 Å². The first kappa shape index (κ1) is 27.1. The first-order valence-electron chi connectivity index (χ1n) is 10.4. The molecule has 0 radical (unpaired) electrons. The molecule has 0 saturated carbocycles. The second-order valence-electron chi connectivity index (χ2n) is 7.77. The molecule has 0 aromatic heterocycles. The minimum Gasteiger partial charge on any atom is -0.493 e. The number of fused-ring (bicyclic) bond motifs is 1. The predicted octanol–water partition coefficient (Wildman–Crippen LogP) is 5.00. The molecule has 1 heterocycles. The molecular formula is C24H34Cl2N2O3. The summed E-state index contributed by atoms with van der Waals surface area (Å²) in [6.45, 7) is 2.04. The number of nitrogens with zero attached hydrogens (tertiary/aromatic N) is 1. The number of carbonyl (C=O) groups is 1. The Kier molecular flexibility index (Phi) is 11.8. The minimum atomic E-state index is 0. The smallest absolute Gasteiger partial charge is 0.227 e. The maximum absolute atomic E-state index is 12.7. The van der Waals surface area contributed by atoms with Gasteiger partial charge in [0, 0.05) is 24.2 Å². The zero-order chi connectivity index (χ0) is 20.6. The molecular weight excluding hydrogens is 435 g/mol. The van der Waals surface area contributed by atoms with Gasteiger partial charge in [0.2, 0.25) is 5.91 Å². The number of amides is 1. The third kappa shape index (κ3) is 7.60. The van der Waals surface area contributed by atoms with E-state index in [1.54, 1.807) is 14.2 Å². The van der Waals surface area contributed by atoms with E-state index in [9.17, 15) is 4.79 Å². The van der Waals surface area contributed by atoms with E-state index in [1.807, 2.05) is 12.1 Å². The molecule has 1 atom stereocenters. The Balaban J connectivity index is 0.00000240. The van der Waals surface area contributed by atoms with Gasteiger partial charge in [-0.3, -0.25) is 4.79 Å². The number of carbonyl (C=O) groups excluding carboxylic acids is 1. The van der Waals surface area contributed by atoms with Crippen LogP contribution in [0.5, 0.6) is 11.5 Å². The largest absolute Gasteiger partial charge is 0.493 e. The van der Waals surface area contributed by atoms with Crippen LogP contribution in [0.4, 0.5) is 5.69 Å². The van der Waals surface area contributed by atoms with Gasteiger partial charge in [-0.25, -0.2) is 0 Å². The number of likely N-dealkylation sites (N-methyl/N-ethyl adjacent to an activating group) is 1. The van der Waals surface area contributed by atoms with Crippen LogP contribution in [0.1, 0.15) is 30.4 Å². The maximum atomic E-state index is 12.7. The van der Waals surface area contributed by atoms with Gasteiger partial charge in [0.1, 0.15) is 0 Å². The van der Waals surface area contributed by atoms with Crippen molar-refractivity contribution in [2.75, 3.05) is 39.7 Å². The summed E-state index contributed by atoms with van der Waals surface area (Å²) in [5.74, 6) is 1.51. The lowest BCUT2D eigenvalue weighted by Gasteiger charge is -2.18. The number of methoxy groups -OCH3 is 2. The third-order valence-electron chi connectivity index (χ3n) is 5.72. The van der Waals surface area contributed by atoms with Gasteiger partial charge in [-0.1, -0.05) is 30.3 Å². The Morgan fingerprint density at radius 2 is 1.71 bits per heavy atom. The summed E-state index contributed by atoms with van der Waals surface area (Å²) in [6.07, 6.45) is 4.71. The van der Waals surface area contributed by atoms with E-state index in [0.717, 1.165) is 56.4 Å². The van der Waals surface area contributed by atoms with Crippen molar-refractivity contribution >= 4 is 36.4 Å². The molecule has 1 aliphatic heterocycles. The number of halogens is 2. The molecule has 0 fully saturated rings. The van der Waals surface area contributed by atoms with E-state index in [1.165, 1.54) is 5.56 Å². The number of nitrogens with one attached hydrogen (secondary N) is 1. The first-order chi connectivity index (χ1) is 14.1. The van der Waals surface area contributed by atoms with E-state index in [-0.39, 0.29) is 36.6 Å². The highest BCUT2D eigenvalue weighted by Crippen LogP contribution is 2.36. The van der Waals surface area contributed by atoms with Gasteiger partial charge in [-0.2, -0.15) is 0 Å². The average molecular weight is 469 g/mol. The van der Waals surface area contributed by atoms with Crippen LogP contribution < -0.4 is 14.8 Å². The van der Waals surface area contributed by atoms with Gasteiger partial charge in [0.05, 0.1) is 14.2 Å². The van der Waals surface area contributed by atoms with Crippen molar-refractivity contribution in [3.05, 3.63) is 53.6 Å². The van der Waals surface area contributed by atoms with Crippen LogP contribution in [0.15, 0.2) is 42.5 Å². The third-order valence-corrected chi connectivity index (χ3v) is 5.72. The van der Waals surface area contributed by atoms with Gasteiger partial charge >= 0.3 is 0 Å². The summed E-state index contributed by atoms with van der Waals surface area (Å²) in [7, 11) is 5.40. The summed E-state index contributed by atoms with van der Waals surface area (Å²) in [5.41, 5.74) is 3.32. The fraction of sp³-hybridized carbons (Fsp3) is 0.458. The highest BCUT2D eigenvalue weighted by molar-refractivity contribution is 5.94. The molecule has 1 aliphatic rings. The summed E-state index contributed by atoms with van der Waals surface area (Å²) < 4.78 is 10.8.